The van der Waals surface area contributed by atoms with Crippen LogP contribution in [0.15, 0.2) is 24.3 Å². The third kappa shape index (κ3) is 4.37. The van der Waals surface area contributed by atoms with Crippen LogP contribution in [0.2, 0.25) is 5.02 Å². The van der Waals surface area contributed by atoms with Crippen LogP contribution >= 0.6 is 11.6 Å². The van der Waals surface area contributed by atoms with E-state index in [-0.39, 0.29) is 18.0 Å². The molecule has 1 amide bonds. The number of hydrogen-bond donors (Lipinski definition) is 1. The van der Waals surface area contributed by atoms with Crippen LogP contribution in [-0.4, -0.2) is 49.1 Å². The predicted octanol–water partition coefficient (Wildman–Crippen LogP) is 2.77. The van der Waals surface area contributed by atoms with E-state index in [0.717, 1.165) is 37.6 Å². The van der Waals surface area contributed by atoms with Gasteiger partial charge in [-0.15, -0.1) is 0 Å². The number of carbonyl (C=O) groups is 1. The quantitative estimate of drug-likeness (QED) is 0.905. The fourth-order valence-corrected chi connectivity index (χ4v) is 2.78. The van der Waals surface area contributed by atoms with Crippen molar-refractivity contribution < 1.29 is 4.79 Å². The van der Waals surface area contributed by atoms with Crippen molar-refractivity contribution in [2.75, 3.05) is 31.1 Å². The number of rotatable bonds is 5. The van der Waals surface area contributed by atoms with Crippen molar-refractivity contribution in [2.24, 2.45) is 0 Å². The van der Waals surface area contributed by atoms with Gasteiger partial charge in [0.25, 0.3) is 0 Å². The van der Waals surface area contributed by atoms with Crippen molar-refractivity contribution in [2.45, 2.75) is 39.3 Å². The first-order valence-electron chi connectivity index (χ1n) is 8.06. The maximum absolute atomic E-state index is 12.2. The van der Waals surface area contributed by atoms with Gasteiger partial charge in [-0.2, -0.15) is 0 Å². The lowest BCUT2D eigenvalue weighted by Crippen LogP contribution is -2.54. The monoisotopic (exact) mass is 323 g/mol. The number of nitrogens with zero attached hydrogens (tertiary/aromatic N) is 2. The average Bonchev–Trinajstić information content (AvgIpc) is 2.55. The average molecular weight is 324 g/mol. The van der Waals surface area contributed by atoms with Crippen LogP contribution in [0.1, 0.15) is 27.2 Å². The molecule has 1 saturated heterocycles. The molecule has 4 nitrogen and oxygen atoms in total. The number of nitrogens with one attached hydrogen (secondary N) is 1. The second kappa shape index (κ2) is 7.84. The summed E-state index contributed by atoms with van der Waals surface area (Å²) in [5.41, 5.74) is 1.20. The van der Waals surface area contributed by atoms with Crippen molar-refractivity contribution in [3.63, 3.8) is 0 Å². The van der Waals surface area contributed by atoms with Crippen LogP contribution in [-0.2, 0) is 4.79 Å². The molecular weight excluding hydrogens is 298 g/mol. The Balaban J connectivity index is 1.86. The van der Waals surface area contributed by atoms with Crippen LogP contribution in [0.25, 0.3) is 0 Å². The van der Waals surface area contributed by atoms with Crippen molar-refractivity contribution in [1.82, 2.24) is 10.2 Å². The lowest BCUT2D eigenvalue weighted by molar-refractivity contribution is -0.126. The lowest BCUT2D eigenvalue weighted by atomic mass is 10.1. The fourth-order valence-electron chi connectivity index (χ4n) is 2.65. The standard InChI is InChI=1S/C17H26ClN3O/c1-4-13(2)19-17(22)14(3)20-9-11-21(12-10-20)16-7-5-15(18)6-8-16/h5-8,13-14H,4,9-12H2,1-3H3,(H,19,22). The summed E-state index contributed by atoms with van der Waals surface area (Å²) in [5, 5.41) is 3.83. The summed E-state index contributed by atoms with van der Waals surface area (Å²) >= 11 is 5.93. The van der Waals surface area contributed by atoms with Gasteiger partial charge in [0.1, 0.15) is 0 Å². The lowest BCUT2D eigenvalue weighted by Gasteiger charge is -2.38. The second-order valence-corrected chi connectivity index (χ2v) is 6.43. The van der Waals surface area contributed by atoms with Gasteiger partial charge in [-0.25, -0.2) is 0 Å². The molecule has 0 radical (unpaired) electrons. The molecule has 1 aliphatic heterocycles. The van der Waals surface area contributed by atoms with E-state index in [1.165, 1.54) is 5.69 Å². The number of halogens is 1. The molecule has 0 aliphatic carbocycles. The Labute approximate surface area is 138 Å². The van der Waals surface area contributed by atoms with E-state index in [9.17, 15) is 4.79 Å². The molecule has 2 rings (SSSR count). The smallest absolute Gasteiger partial charge is 0.237 e. The molecular formula is C17H26ClN3O. The van der Waals surface area contributed by atoms with E-state index < -0.39 is 0 Å². The van der Waals surface area contributed by atoms with Crippen molar-refractivity contribution in [3.05, 3.63) is 29.3 Å². The number of hydrogen-bond acceptors (Lipinski definition) is 3. The minimum absolute atomic E-state index is 0.0682. The van der Waals surface area contributed by atoms with Gasteiger partial charge in [0.2, 0.25) is 5.91 Å². The molecule has 1 N–H and O–H groups in total. The summed E-state index contributed by atoms with van der Waals surface area (Å²) in [7, 11) is 0. The number of amides is 1. The van der Waals surface area contributed by atoms with Gasteiger partial charge in [0, 0.05) is 42.9 Å². The van der Waals surface area contributed by atoms with E-state index in [0.29, 0.717) is 0 Å². The first-order valence-corrected chi connectivity index (χ1v) is 8.44. The van der Waals surface area contributed by atoms with Gasteiger partial charge in [-0.1, -0.05) is 18.5 Å². The van der Waals surface area contributed by atoms with Gasteiger partial charge < -0.3 is 10.2 Å². The molecule has 0 saturated carbocycles. The Bertz CT molecular complexity index is 483. The molecule has 1 heterocycles. The minimum Gasteiger partial charge on any atom is -0.369 e. The predicted molar refractivity (Wildman–Crippen MR) is 92.6 cm³/mol. The maximum atomic E-state index is 12.2. The van der Waals surface area contributed by atoms with Crippen LogP contribution in [0, 0.1) is 0 Å². The first kappa shape index (κ1) is 17.1. The van der Waals surface area contributed by atoms with Crippen molar-refractivity contribution in [1.29, 1.82) is 0 Å². The van der Waals surface area contributed by atoms with Crippen LogP contribution in [0.3, 0.4) is 0 Å². The van der Waals surface area contributed by atoms with Gasteiger partial charge in [0.15, 0.2) is 0 Å². The molecule has 0 bridgehead atoms. The molecule has 0 spiro atoms. The number of anilines is 1. The highest BCUT2D eigenvalue weighted by Gasteiger charge is 2.26. The van der Waals surface area contributed by atoms with E-state index in [4.69, 9.17) is 11.6 Å². The minimum atomic E-state index is -0.0682. The van der Waals surface area contributed by atoms with Crippen molar-refractivity contribution >= 4 is 23.2 Å². The molecule has 5 heteroatoms. The molecule has 1 fully saturated rings. The third-order valence-corrected chi connectivity index (χ3v) is 4.69. The Morgan fingerprint density at radius 3 is 2.32 bits per heavy atom. The van der Waals surface area contributed by atoms with Gasteiger partial charge in [-0.05, 0) is 44.5 Å². The zero-order valence-corrected chi connectivity index (χ0v) is 14.4. The maximum Gasteiger partial charge on any atom is 0.237 e. The van der Waals surface area contributed by atoms with E-state index in [2.05, 4.69) is 34.2 Å². The Kier molecular flexibility index (Phi) is 6.09. The zero-order chi connectivity index (χ0) is 16.1. The summed E-state index contributed by atoms with van der Waals surface area (Å²) in [5.74, 6) is 0.134. The molecule has 22 heavy (non-hydrogen) atoms. The Morgan fingerprint density at radius 1 is 1.18 bits per heavy atom. The SMILES string of the molecule is CCC(C)NC(=O)C(C)N1CCN(c2ccc(Cl)cc2)CC1. The molecule has 2 unspecified atom stereocenters. The highest BCUT2D eigenvalue weighted by atomic mass is 35.5. The fraction of sp³-hybridized carbons (Fsp3) is 0.588. The normalized spacial score (nSPS) is 18.8. The van der Waals surface area contributed by atoms with E-state index in [1.54, 1.807) is 0 Å². The van der Waals surface area contributed by atoms with E-state index >= 15 is 0 Å². The highest BCUT2D eigenvalue weighted by Crippen LogP contribution is 2.20. The summed E-state index contributed by atoms with van der Waals surface area (Å²) in [4.78, 5) is 16.8. The van der Waals surface area contributed by atoms with Crippen LogP contribution in [0.5, 0.6) is 0 Å². The molecule has 2 atom stereocenters. The largest absolute Gasteiger partial charge is 0.369 e. The Morgan fingerprint density at radius 2 is 1.77 bits per heavy atom. The van der Waals surface area contributed by atoms with Gasteiger partial charge >= 0.3 is 0 Å². The highest BCUT2D eigenvalue weighted by molar-refractivity contribution is 6.30. The third-order valence-electron chi connectivity index (χ3n) is 4.43. The molecule has 1 aromatic rings. The number of carbonyl (C=O) groups excluding carboxylic acids is 1. The van der Waals surface area contributed by atoms with Gasteiger partial charge in [0.05, 0.1) is 6.04 Å². The first-order chi connectivity index (χ1) is 10.5. The Hall–Kier alpha value is -1.26. The zero-order valence-electron chi connectivity index (χ0n) is 13.7. The molecule has 1 aromatic carbocycles. The summed E-state index contributed by atoms with van der Waals surface area (Å²) in [6.07, 6.45) is 0.961. The topological polar surface area (TPSA) is 35.6 Å². The van der Waals surface area contributed by atoms with E-state index in [1.807, 2.05) is 26.0 Å². The second-order valence-electron chi connectivity index (χ2n) is 5.99. The number of piperazine rings is 1. The summed E-state index contributed by atoms with van der Waals surface area (Å²) in [6, 6.07) is 8.12. The van der Waals surface area contributed by atoms with Crippen molar-refractivity contribution in [3.8, 4) is 0 Å². The molecule has 0 aromatic heterocycles. The van der Waals surface area contributed by atoms with Crippen LogP contribution in [0.4, 0.5) is 5.69 Å². The summed E-state index contributed by atoms with van der Waals surface area (Å²) in [6.45, 7) is 9.79. The van der Waals surface area contributed by atoms with Crippen LogP contribution < -0.4 is 10.2 Å². The summed E-state index contributed by atoms with van der Waals surface area (Å²) < 4.78 is 0. The molecule has 122 valence electrons. The number of benzene rings is 1. The molecule has 1 aliphatic rings. The van der Waals surface area contributed by atoms with Gasteiger partial charge in [-0.3, -0.25) is 9.69 Å².